The van der Waals surface area contributed by atoms with Crippen molar-refractivity contribution in [3.8, 4) is 0 Å². The van der Waals surface area contributed by atoms with Crippen LogP contribution in [0, 0.1) is 11.2 Å². The van der Waals surface area contributed by atoms with E-state index in [2.05, 4.69) is 10.6 Å². The van der Waals surface area contributed by atoms with E-state index in [9.17, 15) is 35.6 Å². The average molecular weight is 478 g/mol. The molecule has 1 aromatic carbocycles. The van der Waals surface area contributed by atoms with Gasteiger partial charge >= 0.3 is 18.3 Å². The number of alkyl halides is 3. The first-order valence-electron chi connectivity index (χ1n) is 9.68. The van der Waals surface area contributed by atoms with Crippen LogP contribution < -0.4 is 10.6 Å². The summed E-state index contributed by atoms with van der Waals surface area (Å²) in [5.41, 5.74) is -3.07. The number of likely N-dealkylation sites (tertiary alicyclic amines) is 2. The number of carbonyl (C=O) groups excluding carboxylic acids is 2. The third-order valence-electron chi connectivity index (χ3n) is 6.45. The van der Waals surface area contributed by atoms with Crippen molar-refractivity contribution >= 4 is 22.0 Å². The molecule has 9 nitrogen and oxygen atoms in total. The predicted octanol–water partition coefficient (Wildman–Crippen LogP) is 0.764. The molecule has 0 radical (unpaired) electrons. The minimum Gasteiger partial charge on any atom is -0.447 e. The van der Waals surface area contributed by atoms with Gasteiger partial charge in [0.1, 0.15) is 23.3 Å². The molecular weight excluding hydrogens is 460 g/mol. The monoisotopic (exact) mass is 478 g/mol. The summed E-state index contributed by atoms with van der Waals surface area (Å²) in [4.78, 5) is 25.8. The van der Waals surface area contributed by atoms with E-state index in [1.165, 1.54) is 9.80 Å². The molecule has 0 bridgehead atoms. The smallest absolute Gasteiger partial charge is 0.417 e. The highest BCUT2D eigenvalue weighted by Gasteiger charge is 2.63. The van der Waals surface area contributed by atoms with Crippen molar-refractivity contribution in [2.75, 3.05) is 39.3 Å². The number of nitrogens with zero attached hydrogens (tertiary/aromatic N) is 2. The van der Waals surface area contributed by atoms with E-state index in [4.69, 9.17) is 4.74 Å². The highest BCUT2D eigenvalue weighted by atomic mass is 32.2. The van der Waals surface area contributed by atoms with E-state index >= 15 is 0 Å². The van der Waals surface area contributed by atoms with E-state index in [-0.39, 0.29) is 51.4 Å². The Bertz CT molecular complexity index is 1110. The number of rotatable bonds is 2. The molecular formula is C18H18F4N4O5S. The molecule has 4 fully saturated rings. The number of amides is 3. The molecule has 1 unspecified atom stereocenters. The van der Waals surface area contributed by atoms with Gasteiger partial charge in [0.15, 0.2) is 9.84 Å². The molecule has 3 amide bonds. The van der Waals surface area contributed by atoms with Crippen LogP contribution in [0.5, 0.6) is 0 Å². The van der Waals surface area contributed by atoms with Crippen LogP contribution in [0.3, 0.4) is 0 Å². The highest BCUT2D eigenvalue weighted by molar-refractivity contribution is 7.92. The topological polar surface area (TPSA) is 108 Å². The summed E-state index contributed by atoms with van der Waals surface area (Å²) in [6, 6.07) is 1.12. The summed E-state index contributed by atoms with van der Waals surface area (Å²) < 4.78 is 84.3. The van der Waals surface area contributed by atoms with Gasteiger partial charge < -0.3 is 19.9 Å². The van der Waals surface area contributed by atoms with Gasteiger partial charge in [0.25, 0.3) is 0 Å². The Morgan fingerprint density at radius 3 is 2.34 bits per heavy atom. The first-order chi connectivity index (χ1) is 14.9. The van der Waals surface area contributed by atoms with Crippen molar-refractivity contribution in [3.05, 3.63) is 29.6 Å². The number of hydrogen-bond donors (Lipinski definition) is 2. The molecule has 0 aliphatic carbocycles. The maximum Gasteiger partial charge on any atom is 0.417 e. The fourth-order valence-electron chi connectivity index (χ4n) is 4.82. The fourth-order valence-corrected chi connectivity index (χ4v) is 7.01. The summed E-state index contributed by atoms with van der Waals surface area (Å²) in [5.74, 6) is -1.19. The van der Waals surface area contributed by atoms with Gasteiger partial charge in [-0.25, -0.2) is 22.4 Å². The van der Waals surface area contributed by atoms with Crippen molar-refractivity contribution in [1.29, 1.82) is 0 Å². The second kappa shape index (κ2) is 6.47. The zero-order valence-corrected chi connectivity index (χ0v) is 17.2. The fraction of sp³-hybridized carbons (Fsp3) is 0.556. The maximum atomic E-state index is 13.4. The lowest BCUT2D eigenvalue weighted by Gasteiger charge is -2.61. The molecule has 4 saturated heterocycles. The molecule has 0 aromatic heterocycles. The van der Waals surface area contributed by atoms with Crippen molar-refractivity contribution in [2.24, 2.45) is 5.41 Å². The molecule has 4 aliphatic heterocycles. The van der Waals surface area contributed by atoms with Gasteiger partial charge in [-0.1, -0.05) is 0 Å². The molecule has 4 heterocycles. The number of hydrogen-bond acceptors (Lipinski definition) is 6. The average Bonchev–Trinajstić information content (AvgIpc) is 2.99. The van der Waals surface area contributed by atoms with Gasteiger partial charge in [-0.05, 0) is 18.2 Å². The van der Waals surface area contributed by atoms with Crippen molar-refractivity contribution in [2.45, 2.75) is 22.0 Å². The first kappa shape index (κ1) is 21.2. The number of halogens is 4. The molecule has 4 aliphatic rings. The Morgan fingerprint density at radius 1 is 1.16 bits per heavy atom. The Morgan fingerprint density at radius 2 is 1.81 bits per heavy atom. The number of nitrogens with one attached hydrogen (secondary N) is 2. The third kappa shape index (κ3) is 3.03. The molecule has 0 saturated carbocycles. The van der Waals surface area contributed by atoms with Crippen LogP contribution >= 0.6 is 0 Å². The third-order valence-corrected chi connectivity index (χ3v) is 8.70. The van der Waals surface area contributed by atoms with Gasteiger partial charge in [-0.15, -0.1) is 0 Å². The number of sulfone groups is 1. The van der Waals surface area contributed by atoms with Crippen LogP contribution in [0.2, 0.25) is 0 Å². The zero-order valence-electron chi connectivity index (χ0n) is 16.4. The van der Waals surface area contributed by atoms with E-state index in [0.717, 1.165) is 0 Å². The number of cyclic esters (lactones) is 1. The molecule has 2 spiro atoms. The number of alkyl carbamates (subject to hydrolysis) is 1. The number of urea groups is 1. The maximum absolute atomic E-state index is 13.4. The van der Waals surface area contributed by atoms with Crippen LogP contribution in [0.15, 0.2) is 23.1 Å². The minimum absolute atomic E-state index is 0.0532. The summed E-state index contributed by atoms with van der Waals surface area (Å²) >= 11 is 0. The Labute approximate surface area is 179 Å². The van der Waals surface area contributed by atoms with Gasteiger partial charge in [0, 0.05) is 25.0 Å². The Kier molecular flexibility index (Phi) is 4.29. The van der Waals surface area contributed by atoms with Crippen molar-refractivity contribution in [3.63, 3.8) is 0 Å². The summed E-state index contributed by atoms with van der Waals surface area (Å²) in [7, 11) is -4.50. The van der Waals surface area contributed by atoms with Crippen LogP contribution in [0.1, 0.15) is 5.56 Å². The standard InChI is InChI=1S/C18H18F4N4O5S/c19-10-1-2-12(11(3-10)18(20,21)22)32(29,30)13-16(4-23-13)5-25(6-16)15(28)26-7-17(8-26)9-31-14(27)24-17/h1-3,13,23H,4-9H2,(H,24,27). The second-order valence-corrected chi connectivity index (χ2v) is 10.8. The highest BCUT2D eigenvalue weighted by Crippen LogP contribution is 2.46. The van der Waals surface area contributed by atoms with Crippen molar-refractivity contribution in [1.82, 2.24) is 20.4 Å². The predicted molar refractivity (Wildman–Crippen MR) is 98.6 cm³/mol. The Hall–Kier alpha value is -2.61. The van der Waals surface area contributed by atoms with Crippen LogP contribution in [0.4, 0.5) is 27.2 Å². The summed E-state index contributed by atoms with van der Waals surface area (Å²) in [6.07, 6.45) is -5.59. The number of benzene rings is 1. The van der Waals surface area contributed by atoms with Crippen LogP contribution in [0.25, 0.3) is 0 Å². The lowest BCUT2D eigenvalue weighted by molar-refractivity contribution is -0.140. The minimum atomic E-state index is -5.05. The van der Waals surface area contributed by atoms with Crippen LogP contribution in [-0.4, -0.2) is 80.6 Å². The number of ether oxygens (including phenoxy) is 1. The lowest BCUT2D eigenvalue weighted by atomic mass is 9.74. The second-order valence-electron chi connectivity index (χ2n) is 8.78. The van der Waals surface area contributed by atoms with Gasteiger partial charge in [0.2, 0.25) is 0 Å². The SMILES string of the molecule is O=C1NC2(CO1)CN(C(=O)N1CC3(CNC3S(=O)(=O)c3ccc(F)cc3C(F)(F)F)C1)C2. The molecule has 1 atom stereocenters. The molecule has 174 valence electrons. The van der Waals surface area contributed by atoms with Gasteiger partial charge in [-0.3, -0.25) is 5.32 Å². The normalized spacial score (nSPS) is 25.6. The Balaban J connectivity index is 1.28. The quantitative estimate of drug-likeness (QED) is 0.480. The van der Waals surface area contributed by atoms with Gasteiger partial charge in [-0.2, -0.15) is 13.2 Å². The molecule has 1 aromatic rings. The van der Waals surface area contributed by atoms with E-state index in [1.54, 1.807) is 0 Å². The van der Waals surface area contributed by atoms with E-state index in [0.29, 0.717) is 12.1 Å². The molecule has 5 rings (SSSR count). The molecule has 14 heteroatoms. The largest absolute Gasteiger partial charge is 0.447 e. The number of carbonyl (C=O) groups is 2. The van der Waals surface area contributed by atoms with E-state index in [1.807, 2.05) is 0 Å². The molecule has 32 heavy (non-hydrogen) atoms. The van der Waals surface area contributed by atoms with Gasteiger partial charge in [0.05, 0.1) is 23.5 Å². The zero-order chi connectivity index (χ0) is 23.1. The lowest BCUT2D eigenvalue weighted by Crippen LogP contribution is -2.81. The van der Waals surface area contributed by atoms with Crippen molar-refractivity contribution < 1.29 is 40.3 Å². The summed E-state index contributed by atoms with van der Waals surface area (Å²) in [6.45, 7) is 0.993. The molecule has 2 N–H and O–H groups in total. The summed E-state index contributed by atoms with van der Waals surface area (Å²) in [5, 5.41) is 3.99. The van der Waals surface area contributed by atoms with Crippen LogP contribution in [-0.2, 0) is 20.8 Å². The first-order valence-corrected chi connectivity index (χ1v) is 11.2. The van der Waals surface area contributed by atoms with E-state index < -0.39 is 54.7 Å².